The van der Waals surface area contributed by atoms with Crippen molar-refractivity contribution in [2.75, 3.05) is 0 Å². The van der Waals surface area contributed by atoms with E-state index < -0.39 is 0 Å². The van der Waals surface area contributed by atoms with Crippen LogP contribution >= 0.6 is 15.9 Å². The molecule has 0 atom stereocenters. The minimum atomic E-state index is -0.295. The Morgan fingerprint density at radius 3 is 2.86 bits per heavy atom. The van der Waals surface area contributed by atoms with Crippen LogP contribution in [0.15, 0.2) is 29.0 Å². The minimum Gasteiger partial charge on any atom is -0.220 e. The molecule has 0 unspecified atom stereocenters. The van der Waals surface area contributed by atoms with Crippen LogP contribution in [0.25, 0.3) is 5.69 Å². The summed E-state index contributed by atoms with van der Waals surface area (Å²) in [5, 5.41) is 4.09. The number of aryl methyl sites for hydroxylation is 1. The van der Waals surface area contributed by atoms with Gasteiger partial charge in [0.2, 0.25) is 0 Å². The Labute approximate surface area is 88.7 Å². The molecule has 1 aromatic heterocycles. The fourth-order valence-electron chi connectivity index (χ4n) is 1.12. The first-order valence-corrected chi connectivity index (χ1v) is 4.80. The van der Waals surface area contributed by atoms with Gasteiger partial charge in [-0.3, -0.25) is 0 Å². The van der Waals surface area contributed by atoms with Crippen LogP contribution in [0, 0.1) is 12.7 Å². The number of hydrogen-bond acceptors (Lipinski definition) is 2. The van der Waals surface area contributed by atoms with Crippen LogP contribution in [0.1, 0.15) is 5.82 Å². The van der Waals surface area contributed by atoms with Crippen molar-refractivity contribution >= 4 is 15.9 Å². The topological polar surface area (TPSA) is 30.7 Å². The van der Waals surface area contributed by atoms with E-state index >= 15 is 0 Å². The van der Waals surface area contributed by atoms with Gasteiger partial charge >= 0.3 is 0 Å². The molecule has 0 amide bonds. The molecular weight excluding hydrogens is 249 g/mol. The third kappa shape index (κ3) is 1.68. The number of halogens is 2. The van der Waals surface area contributed by atoms with E-state index in [0.29, 0.717) is 11.5 Å². The molecule has 2 rings (SSSR count). The van der Waals surface area contributed by atoms with Crippen LogP contribution in [0.5, 0.6) is 0 Å². The van der Waals surface area contributed by atoms with Crippen molar-refractivity contribution in [3.05, 3.63) is 40.6 Å². The zero-order valence-corrected chi connectivity index (χ0v) is 8.99. The average Bonchev–Trinajstić information content (AvgIpc) is 2.56. The SMILES string of the molecule is Cc1ncn(-c2cc(F)ccc2Br)n1. The first-order valence-electron chi connectivity index (χ1n) is 4.00. The van der Waals surface area contributed by atoms with Crippen molar-refractivity contribution in [1.29, 1.82) is 0 Å². The van der Waals surface area contributed by atoms with Gasteiger partial charge in [0, 0.05) is 10.5 Å². The molecule has 0 spiro atoms. The van der Waals surface area contributed by atoms with Gasteiger partial charge in [0.15, 0.2) is 0 Å². The lowest BCUT2D eigenvalue weighted by Crippen LogP contribution is -1.96. The van der Waals surface area contributed by atoms with Crippen LogP contribution in [0.3, 0.4) is 0 Å². The van der Waals surface area contributed by atoms with Gasteiger partial charge in [-0.25, -0.2) is 14.1 Å². The maximum atomic E-state index is 13.0. The zero-order chi connectivity index (χ0) is 10.1. The highest BCUT2D eigenvalue weighted by atomic mass is 79.9. The molecule has 72 valence electrons. The van der Waals surface area contributed by atoms with Gasteiger partial charge in [0.1, 0.15) is 18.0 Å². The molecule has 3 nitrogen and oxygen atoms in total. The van der Waals surface area contributed by atoms with Crippen LogP contribution in [0.2, 0.25) is 0 Å². The maximum Gasteiger partial charge on any atom is 0.147 e. The summed E-state index contributed by atoms with van der Waals surface area (Å²) in [6.45, 7) is 1.78. The molecule has 14 heavy (non-hydrogen) atoms. The van der Waals surface area contributed by atoms with Gasteiger partial charge in [-0.05, 0) is 35.0 Å². The summed E-state index contributed by atoms with van der Waals surface area (Å²) in [4.78, 5) is 3.97. The number of nitrogens with zero attached hydrogens (tertiary/aromatic N) is 3. The highest BCUT2D eigenvalue weighted by Gasteiger charge is 2.05. The van der Waals surface area contributed by atoms with Gasteiger partial charge in [-0.15, -0.1) is 0 Å². The van der Waals surface area contributed by atoms with Crippen molar-refractivity contribution in [2.45, 2.75) is 6.92 Å². The summed E-state index contributed by atoms with van der Waals surface area (Å²) in [5.41, 5.74) is 0.644. The summed E-state index contributed by atoms with van der Waals surface area (Å²) < 4.78 is 15.3. The van der Waals surface area contributed by atoms with Gasteiger partial charge in [-0.1, -0.05) is 0 Å². The Bertz CT molecular complexity index is 467. The van der Waals surface area contributed by atoms with Crippen molar-refractivity contribution in [2.24, 2.45) is 0 Å². The summed E-state index contributed by atoms with van der Waals surface area (Å²) >= 11 is 3.32. The Hall–Kier alpha value is -1.23. The molecule has 1 heterocycles. The molecule has 2 aromatic rings. The molecule has 0 bridgehead atoms. The molecule has 0 fully saturated rings. The van der Waals surface area contributed by atoms with E-state index in [0.717, 1.165) is 4.47 Å². The Morgan fingerprint density at radius 2 is 2.21 bits per heavy atom. The highest BCUT2D eigenvalue weighted by Crippen LogP contribution is 2.20. The molecule has 0 N–H and O–H groups in total. The quantitative estimate of drug-likeness (QED) is 0.784. The fourth-order valence-corrected chi connectivity index (χ4v) is 1.55. The lowest BCUT2D eigenvalue weighted by atomic mass is 10.3. The van der Waals surface area contributed by atoms with E-state index in [-0.39, 0.29) is 5.82 Å². The van der Waals surface area contributed by atoms with E-state index in [1.54, 1.807) is 19.3 Å². The third-order valence-corrected chi connectivity index (χ3v) is 2.43. The summed E-state index contributed by atoms with van der Waals surface area (Å²) in [6, 6.07) is 4.43. The fraction of sp³-hybridized carbons (Fsp3) is 0.111. The zero-order valence-electron chi connectivity index (χ0n) is 7.41. The second-order valence-electron chi connectivity index (χ2n) is 2.83. The molecule has 0 radical (unpaired) electrons. The lowest BCUT2D eigenvalue weighted by molar-refractivity contribution is 0.625. The predicted octanol–water partition coefficient (Wildman–Crippen LogP) is 2.48. The Kier molecular flexibility index (Phi) is 2.33. The Balaban J connectivity index is 2.55. The first kappa shape index (κ1) is 9.33. The molecule has 0 saturated carbocycles. The van der Waals surface area contributed by atoms with Crippen LogP contribution < -0.4 is 0 Å². The second kappa shape index (κ2) is 3.49. The first-order chi connectivity index (χ1) is 6.66. The molecule has 5 heteroatoms. The van der Waals surface area contributed by atoms with Crippen molar-refractivity contribution < 1.29 is 4.39 Å². The monoisotopic (exact) mass is 255 g/mol. The molecule has 0 saturated heterocycles. The van der Waals surface area contributed by atoms with Gasteiger partial charge in [0.05, 0.1) is 5.69 Å². The minimum absolute atomic E-state index is 0.295. The summed E-state index contributed by atoms with van der Waals surface area (Å²) in [5.74, 6) is 0.359. The lowest BCUT2D eigenvalue weighted by Gasteiger charge is -2.02. The van der Waals surface area contributed by atoms with E-state index in [4.69, 9.17) is 0 Å². The largest absolute Gasteiger partial charge is 0.220 e. The summed E-state index contributed by atoms with van der Waals surface area (Å²) in [6.07, 6.45) is 1.55. The Morgan fingerprint density at radius 1 is 1.43 bits per heavy atom. The highest BCUT2D eigenvalue weighted by molar-refractivity contribution is 9.10. The normalized spacial score (nSPS) is 10.5. The summed E-state index contributed by atoms with van der Waals surface area (Å²) in [7, 11) is 0. The maximum absolute atomic E-state index is 13.0. The molecular formula is C9H7BrFN3. The number of aromatic nitrogens is 3. The van der Waals surface area contributed by atoms with Crippen molar-refractivity contribution in [3.8, 4) is 5.69 Å². The van der Waals surface area contributed by atoms with Crippen LogP contribution in [-0.2, 0) is 0 Å². The van der Waals surface area contributed by atoms with Crippen molar-refractivity contribution in [3.63, 3.8) is 0 Å². The number of rotatable bonds is 1. The molecule has 0 aliphatic heterocycles. The number of benzene rings is 1. The van der Waals surface area contributed by atoms with Crippen LogP contribution in [-0.4, -0.2) is 14.8 Å². The third-order valence-electron chi connectivity index (χ3n) is 1.76. The second-order valence-corrected chi connectivity index (χ2v) is 3.69. The van der Waals surface area contributed by atoms with Gasteiger partial charge in [-0.2, -0.15) is 5.10 Å². The average molecular weight is 256 g/mol. The van der Waals surface area contributed by atoms with E-state index in [2.05, 4.69) is 26.0 Å². The van der Waals surface area contributed by atoms with E-state index in [1.807, 2.05) is 0 Å². The van der Waals surface area contributed by atoms with Crippen LogP contribution in [0.4, 0.5) is 4.39 Å². The smallest absolute Gasteiger partial charge is 0.147 e. The predicted molar refractivity (Wildman–Crippen MR) is 53.8 cm³/mol. The van der Waals surface area contributed by atoms with Crippen molar-refractivity contribution in [1.82, 2.24) is 14.8 Å². The van der Waals surface area contributed by atoms with Gasteiger partial charge < -0.3 is 0 Å². The standard InChI is InChI=1S/C9H7BrFN3/c1-6-12-5-14(13-6)9-4-7(11)2-3-8(9)10/h2-5H,1H3. The molecule has 0 aliphatic rings. The van der Waals surface area contributed by atoms with Gasteiger partial charge in [0.25, 0.3) is 0 Å². The molecule has 0 aliphatic carbocycles. The van der Waals surface area contributed by atoms with E-state index in [1.165, 1.54) is 16.8 Å². The number of hydrogen-bond donors (Lipinski definition) is 0. The molecule has 1 aromatic carbocycles. The van der Waals surface area contributed by atoms with E-state index in [9.17, 15) is 4.39 Å².